The molecule has 0 amide bonds. The van der Waals surface area contributed by atoms with Gasteiger partial charge in [0.25, 0.3) is 0 Å². The molecule has 0 heterocycles. The molecular weight excluding hydrogens is 194 g/mol. The summed E-state index contributed by atoms with van der Waals surface area (Å²) in [6.45, 7) is 6.89. The van der Waals surface area contributed by atoms with Gasteiger partial charge in [-0.15, -0.1) is 6.58 Å². The Hall–Kier alpha value is -1.08. The highest BCUT2D eigenvalue weighted by Gasteiger charge is 2.08. The third-order valence-corrected chi connectivity index (χ3v) is 2.81. The van der Waals surface area contributed by atoms with Crippen LogP contribution in [-0.4, -0.2) is 6.54 Å². The van der Waals surface area contributed by atoms with E-state index in [0.29, 0.717) is 6.04 Å². The largest absolute Gasteiger partial charge is 0.306 e. The fourth-order valence-electron chi connectivity index (χ4n) is 1.90. The van der Waals surface area contributed by atoms with Gasteiger partial charge in [-0.2, -0.15) is 0 Å². The lowest BCUT2D eigenvalue weighted by atomic mass is 10.0. The number of hydrogen-bond acceptors (Lipinski definition) is 1. The van der Waals surface area contributed by atoms with Crippen LogP contribution in [0.5, 0.6) is 0 Å². The van der Waals surface area contributed by atoms with Gasteiger partial charge in [0.05, 0.1) is 0 Å². The first-order valence-electron chi connectivity index (χ1n) is 6.27. The average Bonchev–Trinajstić information content (AvgIpc) is 2.35. The minimum absolute atomic E-state index is 0.478. The number of nitrogens with one attached hydrogen (secondary N) is 1. The molecule has 0 spiro atoms. The van der Waals surface area contributed by atoms with Crippen molar-refractivity contribution >= 4 is 0 Å². The van der Waals surface area contributed by atoms with Crippen LogP contribution in [0.25, 0.3) is 0 Å². The highest BCUT2D eigenvalue weighted by molar-refractivity contribution is 5.18. The van der Waals surface area contributed by atoms with Crippen LogP contribution in [-0.2, 0) is 0 Å². The van der Waals surface area contributed by atoms with Crippen LogP contribution in [0.2, 0.25) is 0 Å². The molecule has 1 rings (SSSR count). The van der Waals surface area contributed by atoms with Gasteiger partial charge in [-0.1, -0.05) is 62.6 Å². The van der Waals surface area contributed by atoms with E-state index in [1.165, 1.54) is 31.2 Å². The van der Waals surface area contributed by atoms with Gasteiger partial charge in [-0.25, -0.2) is 0 Å². The van der Waals surface area contributed by atoms with Crippen LogP contribution < -0.4 is 5.32 Å². The maximum atomic E-state index is 3.76. The lowest BCUT2D eigenvalue weighted by molar-refractivity contribution is 0.496. The summed E-state index contributed by atoms with van der Waals surface area (Å²) in [5.41, 5.74) is 1.39. The van der Waals surface area contributed by atoms with E-state index in [0.717, 1.165) is 6.54 Å². The highest BCUT2D eigenvalue weighted by atomic mass is 14.9. The molecule has 1 aromatic carbocycles. The molecule has 16 heavy (non-hydrogen) atoms. The molecule has 0 aliphatic carbocycles. The number of unbranched alkanes of at least 4 members (excludes halogenated alkanes) is 2. The predicted molar refractivity (Wildman–Crippen MR) is 71.5 cm³/mol. The Kier molecular flexibility index (Phi) is 6.59. The molecular formula is C15H23N. The lowest BCUT2D eigenvalue weighted by Gasteiger charge is -2.18. The van der Waals surface area contributed by atoms with Crippen LogP contribution in [0.15, 0.2) is 43.0 Å². The summed E-state index contributed by atoms with van der Waals surface area (Å²) in [7, 11) is 0. The average molecular weight is 217 g/mol. The Morgan fingerprint density at radius 1 is 1.25 bits per heavy atom. The molecule has 1 heteroatoms. The van der Waals surface area contributed by atoms with Gasteiger partial charge in [0.2, 0.25) is 0 Å². The second-order valence-electron chi connectivity index (χ2n) is 4.16. The van der Waals surface area contributed by atoms with E-state index in [1.54, 1.807) is 0 Å². The van der Waals surface area contributed by atoms with Crippen molar-refractivity contribution in [2.24, 2.45) is 0 Å². The molecule has 1 N–H and O–H groups in total. The zero-order chi connectivity index (χ0) is 11.6. The van der Waals surface area contributed by atoms with Crippen molar-refractivity contribution in [2.45, 2.75) is 38.6 Å². The summed E-state index contributed by atoms with van der Waals surface area (Å²) < 4.78 is 0. The van der Waals surface area contributed by atoms with Crippen LogP contribution in [0.1, 0.15) is 44.2 Å². The first-order chi connectivity index (χ1) is 7.88. The topological polar surface area (TPSA) is 12.0 Å². The number of benzene rings is 1. The van der Waals surface area contributed by atoms with Crippen LogP contribution >= 0.6 is 0 Å². The van der Waals surface area contributed by atoms with Crippen molar-refractivity contribution in [3.8, 4) is 0 Å². The lowest BCUT2D eigenvalue weighted by Crippen LogP contribution is -2.21. The fourth-order valence-corrected chi connectivity index (χ4v) is 1.90. The quantitative estimate of drug-likeness (QED) is 0.511. The first kappa shape index (κ1) is 13.0. The second kappa shape index (κ2) is 8.12. The summed E-state index contributed by atoms with van der Waals surface area (Å²) in [5.74, 6) is 0. The van der Waals surface area contributed by atoms with E-state index in [9.17, 15) is 0 Å². The van der Waals surface area contributed by atoms with Crippen molar-refractivity contribution in [3.63, 3.8) is 0 Å². The summed E-state index contributed by atoms with van der Waals surface area (Å²) in [5, 5.41) is 3.53. The monoisotopic (exact) mass is 217 g/mol. The third-order valence-electron chi connectivity index (χ3n) is 2.81. The molecule has 0 saturated carbocycles. The van der Waals surface area contributed by atoms with Crippen molar-refractivity contribution in [2.75, 3.05) is 6.54 Å². The molecule has 1 atom stereocenters. The molecule has 0 radical (unpaired) electrons. The van der Waals surface area contributed by atoms with Crippen LogP contribution in [0, 0.1) is 0 Å². The van der Waals surface area contributed by atoms with E-state index < -0.39 is 0 Å². The molecule has 1 unspecified atom stereocenters. The molecule has 0 aromatic heterocycles. The maximum absolute atomic E-state index is 3.76. The van der Waals surface area contributed by atoms with Gasteiger partial charge in [0.1, 0.15) is 0 Å². The van der Waals surface area contributed by atoms with E-state index in [4.69, 9.17) is 0 Å². The Labute approximate surface area is 99.6 Å². The SMILES string of the molecule is C=CCNC(CCCCC)c1ccccc1. The summed E-state index contributed by atoms with van der Waals surface area (Å²) in [4.78, 5) is 0. The fraction of sp³-hybridized carbons (Fsp3) is 0.467. The van der Waals surface area contributed by atoms with Crippen LogP contribution in [0.4, 0.5) is 0 Å². The van der Waals surface area contributed by atoms with E-state index in [-0.39, 0.29) is 0 Å². The third kappa shape index (κ3) is 4.63. The molecule has 0 fully saturated rings. The Balaban J connectivity index is 2.52. The molecule has 0 aliphatic heterocycles. The summed E-state index contributed by atoms with van der Waals surface area (Å²) >= 11 is 0. The Bertz CT molecular complexity index is 279. The second-order valence-corrected chi connectivity index (χ2v) is 4.16. The van der Waals surface area contributed by atoms with Crippen LogP contribution in [0.3, 0.4) is 0 Å². The van der Waals surface area contributed by atoms with E-state index in [1.807, 2.05) is 6.08 Å². The van der Waals surface area contributed by atoms with Gasteiger partial charge in [-0.3, -0.25) is 0 Å². The Morgan fingerprint density at radius 3 is 2.62 bits per heavy atom. The van der Waals surface area contributed by atoms with Crippen molar-refractivity contribution in [3.05, 3.63) is 48.6 Å². The predicted octanol–water partition coefficient (Wildman–Crippen LogP) is 4.08. The minimum Gasteiger partial charge on any atom is -0.306 e. The maximum Gasteiger partial charge on any atom is 0.0323 e. The van der Waals surface area contributed by atoms with Crippen molar-refractivity contribution in [1.29, 1.82) is 0 Å². The minimum atomic E-state index is 0.478. The summed E-state index contributed by atoms with van der Waals surface area (Å²) in [6, 6.07) is 11.2. The van der Waals surface area contributed by atoms with Gasteiger partial charge >= 0.3 is 0 Å². The highest BCUT2D eigenvalue weighted by Crippen LogP contribution is 2.19. The van der Waals surface area contributed by atoms with Crippen molar-refractivity contribution < 1.29 is 0 Å². The standard InChI is InChI=1S/C15H23N/c1-3-5-7-12-15(16-13-4-2)14-10-8-6-9-11-14/h4,6,8-11,15-16H,2-3,5,7,12-13H2,1H3. The number of rotatable bonds is 8. The van der Waals surface area contributed by atoms with E-state index >= 15 is 0 Å². The Morgan fingerprint density at radius 2 is 2.00 bits per heavy atom. The molecule has 1 nitrogen and oxygen atoms in total. The normalized spacial score (nSPS) is 12.3. The molecule has 88 valence electrons. The summed E-state index contributed by atoms with van der Waals surface area (Å²) in [6.07, 6.45) is 7.03. The van der Waals surface area contributed by atoms with Crippen molar-refractivity contribution in [1.82, 2.24) is 5.32 Å². The van der Waals surface area contributed by atoms with E-state index in [2.05, 4.69) is 49.2 Å². The molecule has 1 aromatic rings. The number of hydrogen-bond donors (Lipinski definition) is 1. The van der Waals surface area contributed by atoms with Gasteiger partial charge in [0, 0.05) is 12.6 Å². The smallest absolute Gasteiger partial charge is 0.0323 e. The zero-order valence-corrected chi connectivity index (χ0v) is 10.3. The molecule has 0 aliphatic rings. The van der Waals surface area contributed by atoms with Gasteiger partial charge in [0.15, 0.2) is 0 Å². The molecule has 0 bridgehead atoms. The molecule has 0 saturated heterocycles. The van der Waals surface area contributed by atoms with Gasteiger partial charge < -0.3 is 5.32 Å². The van der Waals surface area contributed by atoms with Gasteiger partial charge in [-0.05, 0) is 12.0 Å². The first-order valence-corrected chi connectivity index (χ1v) is 6.27. The zero-order valence-electron chi connectivity index (χ0n) is 10.3.